The van der Waals surface area contributed by atoms with Gasteiger partial charge in [0.25, 0.3) is 5.91 Å². The Balaban J connectivity index is 1.14. The van der Waals surface area contributed by atoms with Crippen LogP contribution in [0.15, 0.2) is 76.5 Å². The van der Waals surface area contributed by atoms with Crippen LogP contribution in [0.2, 0.25) is 0 Å². The Bertz CT molecular complexity index is 1690. The number of morpholine rings is 1. The molecule has 1 saturated heterocycles. The monoisotopic (exact) mass is 553 g/mol. The van der Waals surface area contributed by atoms with Gasteiger partial charge < -0.3 is 15.2 Å². The number of hydrogen-bond donors (Lipinski definition) is 2. The van der Waals surface area contributed by atoms with Crippen molar-refractivity contribution in [1.82, 2.24) is 35.6 Å². The molecule has 6 rings (SSSR count). The molecule has 1 amide bonds. The molecule has 13 nitrogen and oxygen atoms in total. The van der Waals surface area contributed by atoms with Gasteiger partial charge in [0.2, 0.25) is 11.6 Å². The largest absolute Gasteiger partial charge is 0.489 e. The number of carbonyl (C=O) groups excluding carboxylic acids is 1. The van der Waals surface area contributed by atoms with E-state index in [1.165, 1.54) is 16.3 Å². The highest BCUT2D eigenvalue weighted by Gasteiger charge is 2.26. The molecule has 1 aliphatic rings. The number of nitrogens with two attached hydrogens (primary N) is 1. The molecule has 208 valence electrons. The molecule has 0 atom stereocenters. The van der Waals surface area contributed by atoms with Crippen LogP contribution in [0, 0.1) is 0 Å². The van der Waals surface area contributed by atoms with Gasteiger partial charge in [-0.05, 0) is 44.3 Å². The summed E-state index contributed by atoms with van der Waals surface area (Å²) in [5.74, 6) is 0.339. The molecule has 1 fully saturated rings. The van der Waals surface area contributed by atoms with Crippen LogP contribution in [-0.4, -0.2) is 68.6 Å². The molecule has 0 bridgehead atoms. The fourth-order valence-electron chi connectivity index (χ4n) is 4.58. The smallest absolute Gasteiger partial charge is 0.293 e. The number of nitrogens with zero attached hydrogens (tertiary/aromatic N) is 7. The standard InChI is InChI=1S/C28H27N9O4/c29-26-27(34-41-33-26)37-24(17-36-11-13-39-14-12-36)25(31-35-37)28(38)32-30-16-19-5-3-9-22(15-19)40-18-21-8-4-7-20-6-1-2-10-23(20)21/h1-10,15-16H,11-14,17-18H2,(H2,29,33)(H,32,38)/b30-16-. The van der Waals surface area contributed by atoms with E-state index in [4.69, 9.17) is 19.8 Å². The lowest BCUT2D eigenvalue weighted by atomic mass is 10.1. The number of aromatic nitrogens is 5. The zero-order chi connectivity index (χ0) is 28.0. The van der Waals surface area contributed by atoms with Crippen molar-refractivity contribution < 1.29 is 18.9 Å². The predicted octanol–water partition coefficient (Wildman–Crippen LogP) is 2.56. The molecule has 2 aromatic heterocycles. The minimum atomic E-state index is -0.533. The maximum Gasteiger partial charge on any atom is 0.293 e. The number of benzene rings is 3. The van der Waals surface area contributed by atoms with E-state index < -0.39 is 5.91 Å². The number of amides is 1. The van der Waals surface area contributed by atoms with E-state index in [1.54, 1.807) is 0 Å². The van der Waals surface area contributed by atoms with Crippen molar-refractivity contribution in [2.75, 3.05) is 32.0 Å². The van der Waals surface area contributed by atoms with E-state index in [0.29, 0.717) is 50.9 Å². The molecule has 1 aliphatic heterocycles. The van der Waals surface area contributed by atoms with Gasteiger partial charge >= 0.3 is 0 Å². The van der Waals surface area contributed by atoms with E-state index >= 15 is 0 Å². The summed E-state index contributed by atoms with van der Waals surface area (Å²) in [6, 6.07) is 21.8. The number of hydrazone groups is 1. The van der Waals surface area contributed by atoms with Gasteiger partial charge in [-0.15, -0.1) is 5.10 Å². The molecule has 0 saturated carbocycles. The average molecular weight is 554 g/mol. The molecule has 3 aromatic carbocycles. The number of carbonyl (C=O) groups is 1. The summed E-state index contributed by atoms with van der Waals surface area (Å²) in [6.07, 6.45) is 1.54. The van der Waals surface area contributed by atoms with E-state index in [9.17, 15) is 4.79 Å². The molecular formula is C28H27N9O4. The maximum atomic E-state index is 13.1. The molecule has 5 aromatic rings. The van der Waals surface area contributed by atoms with Crippen LogP contribution >= 0.6 is 0 Å². The third kappa shape index (κ3) is 5.90. The van der Waals surface area contributed by atoms with Gasteiger partial charge in [-0.2, -0.15) is 9.78 Å². The second-order valence-corrected chi connectivity index (χ2v) is 9.36. The van der Waals surface area contributed by atoms with Crippen molar-refractivity contribution in [1.29, 1.82) is 0 Å². The van der Waals surface area contributed by atoms with Crippen molar-refractivity contribution in [3.63, 3.8) is 0 Å². The zero-order valence-electron chi connectivity index (χ0n) is 22.0. The Morgan fingerprint density at radius 3 is 2.76 bits per heavy atom. The minimum Gasteiger partial charge on any atom is -0.489 e. The van der Waals surface area contributed by atoms with E-state index in [2.05, 4.69) is 60.3 Å². The van der Waals surface area contributed by atoms with Crippen molar-refractivity contribution >= 4 is 28.7 Å². The van der Waals surface area contributed by atoms with E-state index in [-0.39, 0.29) is 17.3 Å². The van der Waals surface area contributed by atoms with E-state index in [1.807, 2.05) is 42.5 Å². The first-order valence-corrected chi connectivity index (χ1v) is 13.0. The van der Waals surface area contributed by atoms with Crippen LogP contribution < -0.4 is 15.9 Å². The summed E-state index contributed by atoms with van der Waals surface area (Å²) in [7, 11) is 0. The molecular weight excluding hydrogens is 526 g/mol. The van der Waals surface area contributed by atoms with Crippen LogP contribution in [0.3, 0.4) is 0 Å². The number of nitrogens with one attached hydrogen (secondary N) is 1. The quantitative estimate of drug-likeness (QED) is 0.205. The molecule has 41 heavy (non-hydrogen) atoms. The molecule has 0 aliphatic carbocycles. The normalized spacial score (nSPS) is 14.0. The van der Waals surface area contributed by atoms with Crippen LogP contribution in [0.4, 0.5) is 5.82 Å². The lowest BCUT2D eigenvalue weighted by Gasteiger charge is -2.26. The minimum absolute atomic E-state index is 0.0330. The fourth-order valence-corrected chi connectivity index (χ4v) is 4.58. The van der Waals surface area contributed by atoms with Crippen molar-refractivity contribution in [3.05, 3.63) is 89.2 Å². The fraction of sp³-hybridized carbons (Fsp3) is 0.214. The van der Waals surface area contributed by atoms with Crippen LogP contribution in [0.25, 0.3) is 16.6 Å². The second-order valence-electron chi connectivity index (χ2n) is 9.36. The van der Waals surface area contributed by atoms with E-state index in [0.717, 1.165) is 16.5 Å². The van der Waals surface area contributed by atoms with Gasteiger partial charge in [-0.1, -0.05) is 59.8 Å². The Hall–Kier alpha value is -5.14. The number of rotatable bonds is 9. The number of anilines is 1. The van der Waals surface area contributed by atoms with Gasteiger partial charge in [-0.25, -0.2) is 10.1 Å². The topological polar surface area (TPSA) is 159 Å². The summed E-state index contributed by atoms with van der Waals surface area (Å²) < 4.78 is 17.6. The van der Waals surface area contributed by atoms with Gasteiger partial charge in [0.1, 0.15) is 12.4 Å². The zero-order valence-corrected chi connectivity index (χ0v) is 22.0. The lowest BCUT2D eigenvalue weighted by molar-refractivity contribution is 0.0332. The third-order valence-electron chi connectivity index (χ3n) is 6.66. The lowest BCUT2D eigenvalue weighted by Crippen LogP contribution is -2.37. The molecule has 13 heteroatoms. The first-order valence-electron chi connectivity index (χ1n) is 13.0. The van der Waals surface area contributed by atoms with Gasteiger partial charge in [0.15, 0.2) is 5.69 Å². The van der Waals surface area contributed by atoms with Crippen LogP contribution in [0.5, 0.6) is 5.75 Å². The summed E-state index contributed by atoms with van der Waals surface area (Å²) in [5, 5.41) is 22.0. The molecule has 3 heterocycles. The van der Waals surface area contributed by atoms with Gasteiger partial charge in [0, 0.05) is 19.6 Å². The second kappa shape index (κ2) is 11.9. The SMILES string of the molecule is Nc1nonc1-n1nnc(C(=O)N/N=C\c2cccc(OCc3cccc4ccccc34)c2)c1CN1CCOCC1. The summed E-state index contributed by atoms with van der Waals surface area (Å²) in [5.41, 5.74) is 10.8. The van der Waals surface area contributed by atoms with Gasteiger partial charge in [0.05, 0.1) is 25.1 Å². The summed E-state index contributed by atoms with van der Waals surface area (Å²) >= 11 is 0. The predicted molar refractivity (Wildman–Crippen MR) is 150 cm³/mol. The molecule has 0 unspecified atom stereocenters. The number of fused-ring (bicyclic) bond motifs is 1. The maximum absolute atomic E-state index is 13.1. The number of hydrogen-bond acceptors (Lipinski definition) is 11. The molecule has 0 radical (unpaired) electrons. The highest BCUT2D eigenvalue weighted by molar-refractivity contribution is 5.94. The Labute approximate surface area is 234 Å². The third-order valence-corrected chi connectivity index (χ3v) is 6.66. The highest BCUT2D eigenvalue weighted by atomic mass is 16.6. The summed E-state index contributed by atoms with van der Waals surface area (Å²) in [4.78, 5) is 15.2. The number of nitrogen functional groups attached to an aromatic ring is 1. The first kappa shape index (κ1) is 26.1. The Morgan fingerprint density at radius 2 is 1.90 bits per heavy atom. The average Bonchev–Trinajstić information content (AvgIpc) is 3.62. The number of ether oxygens (including phenoxy) is 2. The molecule has 0 spiro atoms. The van der Waals surface area contributed by atoms with Crippen molar-refractivity contribution in [2.45, 2.75) is 13.2 Å². The highest BCUT2D eigenvalue weighted by Crippen LogP contribution is 2.21. The summed E-state index contributed by atoms with van der Waals surface area (Å²) in [6.45, 7) is 3.35. The first-order chi connectivity index (χ1) is 20.2. The van der Waals surface area contributed by atoms with Gasteiger partial charge in [-0.3, -0.25) is 9.69 Å². The van der Waals surface area contributed by atoms with Crippen LogP contribution in [0.1, 0.15) is 27.3 Å². The van der Waals surface area contributed by atoms with Crippen molar-refractivity contribution in [2.24, 2.45) is 5.10 Å². The Kier molecular flexibility index (Phi) is 7.60. The Morgan fingerprint density at radius 1 is 1.07 bits per heavy atom. The molecule has 3 N–H and O–H groups in total. The van der Waals surface area contributed by atoms with Crippen LogP contribution in [-0.2, 0) is 17.9 Å². The van der Waals surface area contributed by atoms with Crippen molar-refractivity contribution in [3.8, 4) is 11.6 Å².